The molecule has 0 aromatic heterocycles. The first-order chi connectivity index (χ1) is 11.0. The van der Waals surface area contributed by atoms with Crippen LogP contribution in [0, 0.1) is 20.8 Å². The van der Waals surface area contributed by atoms with Gasteiger partial charge in [-0.05, 0) is 49.9 Å². The van der Waals surface area contributed by atoms with Crippen LogP contribution in [0.3, 0.4) is 0 Å². The molecule has 2 aromatic rings. The standard InChI is InChI=1S/C20H27NO2/c1-14-10-11-15(2)20(16(14)3)23-13-19(22)12-21-17(4)18-8-6-5-7-9-18/h5-11,17,19,21-22H,12-13H2,1-4H3. The van der Waals surface area contributed by atoms with E-state index in [0.717, 1.165) is 16.9 Å². The van der Waals surface area contributed by atoms with Gasteiger partial charge in [0, 0.05) is 12.6 Å². The lowest BCUT2D eigenvalue weighted by atomic mass is 10.1. The second-order valence-electron chi connectivity index (χ2n) is 6.16. The molecule has 0 amide bonds. The summed E-state index contributed by atoms with van der Waals surface area (Å²) in [5.74, 6) is 0.889. The van der Waals surface area contributed by atoms with Gasteiger partial charge in [0.2, 0.25) is 0 Å². The number of aliphatic hydroxyl groups excluding tert-OH is 1. The lowest BCUT2D eigenvalue weighted by Crippen LogP contribution is -2.33. The van der Waals surface area contributed by atoms with Crippen LogP contribution in [0.4, 0.5) is 0 Å². The Labute approximate surface area is 139 Å². The molecule has 0 saturated carbocycles. The van der Waals surface area contributed by atoms with Gasteiger partial charge in [0.15, 0.2) is 0 Å². The fourth-order valence-electron chi connectivity index (χ4n) is 2.56. The Hall–Kier alpha value is -1.84. The average Bonchev–Trinajstić information content (AvgIpc) is 2.57. The van der Waals surface area contributed by atoms with Crippen molar-refractivity contribution in [1.82, 2.24) is 5.32 Å². The summed E-state index contributed by atoms with van der Waals surface area (Å²) in [4.78, 5) is 0. The maximum absolute atomic E-state index is 10.2. The molecule has 0 fully saturated rings. The molecule has 0 aliphatic heterocycles. The Morgan fingerprint density at radius 1 is 1.00 bits per heavy atom. The molecule has 2 rings (SSSR count). The monoisotopic (exact) mass is 313 g/mol. The third-order valence-electron chi connectivity index (χ3n) is 4.25. The fraction of sp³-hybridized carbons (Fsp3) is 0.400. The molecule has 2 unspecified atom stereocenters. The quantitative estimate of drug-likeness (QED) is 0.819. The Kier molecular flexibility index (Phi) is 6.20. The van der Waals surface area contributed by atoms with Gasteiger partial charge in [-0.25, -0.2) is 0 Å². The second kappa shape index (κ2) is 8.14. The molecule has 124 valence electrons. The topological polar surface area (TPSA) is 41.5 Å². The zero-order chi connectivity index (χ0) is 16.8. The summed E-state index contributed by atoms with van der Waals surface area (Å²) < 4.78 is 5.86. The maximum Gasteiger partial charge on any atom is 0.125 e. The molecular weight excluding hydrogens is 286 g/mol. The SMILES string of the molecule is Cc1ccc(C)c(OCC(O)CNC(C)c2ccccc2)c1C. The lowest BCUT2D eigenvalue weighted by molar-refractivity contribution is 0.103. The molecule has 0 saturated heterocycles. The van der Waals surface area contributed by atoms with E-state index in [1.807, 2.05) is 25.1 Å². The molecule has 0 aliphatic carbocycles. The van der Waals surface area contributed by atoms with E-state index in [1.165, 1.54) is 11.1 Å². The van der Waals surface area contributed by atoms with Gasteiger partial charge in [-0.3, -0.25) is 0 Å². The van der Waals surface area contributed by atoms with E-state index >= 15 is 0 Å². The molecule has 23 heavy (non-hydrogen) atoms. The normalized spacial score (nSPS) is 13.6. The Morgan fingerprint density at radius 3 is 2.35 bits per heavy atom. The van der Waals surface area contributed by atoms with Crippen molar-refractivity contribution < 1.29 is 9.84 Å². The van der Waals surface area contributed by atoms with Crippen LogP contribution in [0.25, 0.3) is 0 Å². The summed E-state index contributed by atoms with van der Waals surface area (Å²) in [7, 11) is 0. The highest BCUT2D eigenvalue weighted by Gasteiger charge is 2.12. The third kappa shape index (κ3) is 4.81. The van der Waals surface area contributed by atoms with Gasteiger partial charge in [0.05, 0.1) is 0 Å². The summed E-state index contributed by atoms with van der Waals surface area (Å²) in [5.41, 5.74) is 4.66. The Balaban J connectivity index is 1.84. The average molecular weight is 313 g/mol. The van der Waals surface area contributed by atoms with Crippen LogP contribution in [-0.4, -0.2) is 24.4 Å². The van der Waals surface area contributed by atoms with E-state index in [9.17, 15) is 5.11 Å². The molecular formula is C20H27NO2. The van der Waals surface area contributed by atoms with Gasteiger partial charge in [-0.2, -0.15) is 0 Å². The van der Waals surface area contributed by atoms with Crippen molar-refractivity contribution in [3.05, 3.63) is 64.7 Å². The minimum absolute atomic E-state index is 0.202. The highest BCUT2D eigenvalue weighted by molar-refractivity contribution is 5.44. The van der Waals surface area contributed by atoms with Crippen LogP contribution < -0.4 is 10.1 Å². The van der Waals surface area contributed by atoms with Crippen LogP contribution in [0.2, 0.25) is 0 Å². The summed E-state index contributed by atoms with van der Waals surface area (Å²) in [5, 5.41) is 13.5. The number of aryl methyl sites for hydroxylation is 2. The van der Waals surface area contributed by atoms with Crippen molar-refractivity contribution in [3.63, 3.8) is 0 Å². The molecule has 0 aliphatic rings. The van der Waals surface area contributed by atoms with Crippen LogP contribution in [-0.2, 0) is 0 Å². The third-order valence-corrected chi connectivity index (χ3v) is 4.25. The van der Waals surface area contributed by atoms with Crippen molar-refractivity contribution in [3.8, 4) is 5.75 Å². The first-order valence-electron chi connectivity index (χ1n) is 8.15. The number of ether oxygens (including phenoxy) is 1. The van der Waals surface area contributed by atoms with Gasteiger partial charge < -0.3 is 15.2 Å². The van der Waals surface area contributed by atoms with E-state index in [1.54, 1.807) is 0 Å². The van der Waals surface area contributed by atoms with Crippen LogP contribution >= 0.6 is 0 Å². The van der Waals surface area contributed by atoms with E-state index in [2.05, 4.69) is 50.4 Å². The van der Waals surface area contributed by atoms with Crippen molar-refractivity contribution in [1.29, 1.82) is 0 Å². The first kappa shape index (κ1) is 17.5. The van der Waals surface area contributed by atoms with Crippen LogP contribution in [0.1, 0.15) is 35.2 Å². The van der Waals surface area contributed by atoms with E-state index < -0.39 is 6.10 Å². The minimum Gasteiger partial charge on any atom is -0.490 e. The molecule has 0 bridgehead atoms. The van der Waals surface area contributed by atoms with Gasteiger partial charge in [-0.15, -0.1) is 0 Å². The van der Waals surface area contributed by atoms with Gasteiger partial charge in [0.25, 0.3) is 0 Å². The molecule has 3 nitrogen and oxygen atoms in total. The first-order valence-corrected chi connectivity index (χ1v) is 8.15. The molecule has 2 atom stereocenters. The Morgan fingerprint density at radius 2 is 1.65 bits per heavy atom. The predicted molar refractivity (Wildman–Crippen MR) is 95.0 cm³/mol. The van der Waals surface area contributed by atoms with Crippen molar-refractivity contribution in [2.45, 2.75) is 39.8 Å². The Bertz CT molecular complexity index is 625. The predicted octanol–water partition coefficient (Wildman–Crippen LogP) is 3.70. The zero-order valence-corrected chi connectivity index (χ0v) is 14.5. The zero-order valence-electron chi connectivity index (χ0n) is 14.5. The van der Waals surface area contributed by atoms with Gasteiger partial charge >= 0.3 is 0 Å². The molecule has 2 N–H and O–H groups in total. The number of rotatable bonds is 7. The highest BCUT2D eigenvalue weighted by atomic mass is 16.5. The largest absolute Gasteiger partial charge is 0.490 e. The fourth-order valence-corrected chi connectivity index (χ4v) is 2.56. The summed E-state index contributed by atoms with van der Waals surface area (Å²) in [6.07, 6.45) is -0.541. The smallest absolute Gasteiger partial charge is 0.125 e. The van der Waals surface area contributed by atoms with E-state index in [-0.39, 0.29) is 6.04 Å². The molecule has 0 radical (unpaired) electrons. The highest BCUT2D eigenvalue weighted by Crippen LogP contribution is 2.25. The maximum atomic E-state index is 10.2. The lowest BCUT2D eigenvalue weighted by Gasteiger charge is -2.19. The van der Waals surface area contributed by atoms with Gasteiger partial charge in [-0.1, -0.05) is 42.5 Å². The van der Waals surface area contributed by atoms with Crippen LogP contribution in [0.5, 0.6) is 5.75 Å². The van der Waals surface area contributed by atoms with Crippen molar-refractivity contribution >= 4 is 0 Å². The number of hydrogen-bond donors (Lipinski definition) is 2. The molecule has 0 heterocycles. The second-order valence-corrected chi connectivity index (χ2v) is 6.16. The summed E-state index contributed by atoms with van der Waals surface area (Å²) in [6.45, 7) is 9.04. The van der Waals surface area contributed by atoms with Crippen molar-refractivity contribution in [2.24, 2.45) is 0 Å². The van der Waals surface area contributed by atoms with Gasteiger partial charge in [0.1, 0.15) is 18.5 Å². The number of benzene rings is 2. The van der Waals surface area contributed by atoms with E-state index in [4.69, 9.17) is 4.74 Å². The van der Waals surface area contributed by atoms with E-state index in [0.29, 0.717) is 13.2 Å². The van der Waals surface area contributed by atoms with Crippen molar-refractivity contribution in [2.75, 3.05) is 13.2 Å². The molecule has 2 aromatic carbocycles. The number of aliphatic hydroxyl groups is 1. The molecule has 0 spiro atoms. The van der Waals surface area contributed by atoms with Crippen LogP contribution in [0.15, 0.2) is 42.5 Å². The number of nitrogens with one attached hydrogen (secondary N) is 1. The molecule has 3 heteroatoms. The number of hydrogen-bond acceptors (Lipinski definition) is 3. The summed E-state index contributed by atoms with van der Waals surface area (Å²) >= 11 is 0. The minimum atomic E-state index is -0.541. The summed E-state index contributed by atoms with van der Waals surface area (Å²) in [6, 6.07) is 14.6.